The fraction of sp³-hybridized carbons (Fsp3) is 0.250. The molecule has 0 aromatic heterocycles. The predicted octanol–water partition coefficient (Wildman–Crippen LogP) is 4.68. The van der Waals surface area contributed by atoms with E-state index in [4.69, 9.17) is 4.74 Å². The molecule has 2 aromatic rings. The van der Waals surface area contributed by atoms with Gasteiger partial charge < -0.3 is 10.1 Å². The molecule has 2 rings (SSSR count). The summed E-state index contributed by atoms with van der Waals surface area (Å²) in [6.07, 6.45) is 0. The number of ether oxygens (including phenoxy) is 1. The zero-order valence-corrected chi connectivity index (χ0v) is 11.8. The normalized spacial score (nSPS) is 12.0. The minimum Gasteiger partial charge on any atom is -0.494 e. The topological polar surface area (TPSA) is 21.3 Å². The van der Waals surface area contributed by atoms with Crippen LogP contribution in [0.3, 0.4) is 0 Å². The average molecular weight is 295 g/mol. The lowest BCUT2D eigenvalue weighted by atomic mass is 10.1. The number of rotatable bonds is 5. The zero-order chi connectivity index (χ0) is 15.4. The quantitative estimate of drug-likeness (QED) is 0.809. The molecule has 0 spiro atoms. The van der Waals surface area contributed by atoms with Crippen molar-refractivity contribution in [3.05, 3.63) is 59.4 Å². The Bertz CT molecular complexity index is 614. The lowest BCUT2D eigenvalue weighted by Crippen LogP contribution is -2.09. The molecule has 0 saturated carbocycles. The van der Waals surface area contributed by atoms with E-state index in [0.29, 0.717) is 6.61 Å². The van der Waals surface area contributed by atoms with Gasteiger partial charge in [0.05, 0.1) is 12.3 Å². The molecule has 0 heterocycles. The van der Waals surface area contributed by atoms with Crippen LogP contribution in [0.2, 0.25) is 0 Å². The van der Waals surface area contributed by atoms with Gasteiger partial charge in [-0.1, -0.05) is 12.1 Å². The van der Waals surface area contributed by atoms with Gasteiger partial charge in [-0.05, 0) is 43.7 Å². The van der Waals surface area contributed by atoms with Crippen molar-refractivity contribution in [2.75, 3.05) is 11.9 Å². The minimum absolute atomic E-state index is 0.0738. The zero-order valence-electron chi connectivity index (χ0n) is 11.8. The molecule has 2 aromatic carbocycles. The predicted molar refractivity (Wildman–Crippen MR) is 76.0 cm³/mol. The maximum absolute atomic E-state index is 13.6. The Balaban J connectivity index is 2.14. The second kappa shape index (κ2) is 6.52. The Kier molecular flexibility index (Phi) is 4.73. The highest BCUT2D eigenvalue weighted by atomic mass is 19.2. The van der Waals surface area contributed by atoms with Crippen molar-refractivity contribution >= 4 is 5.69 Å². The Labute approximate surface area is 121 Å². The summed E-state index contributed by atoms with van der Waals surface area (Å²) < 4.78 is 45.0. The van der Waals surface area contributed by atoms with Crippen LogP contribution in [0.5, 0.6) is 5.75 Å². The molecule has 5 heteroatoms. The molecule has 0 saturated heterocycles. The third-order valence-electron chi connectivity index (χ3n) is 3.10. The van der Waals surface area contributed by atoms with Gasteiger partial charge in [-0.3, -0.25) is 0 Å². The van der Waals surface area contributed by atoms with Crippen molar-refractivity contribution in [1.82, 2.24) is 0 Å². The van der Waals surface area contributed by atoms with E-state index in [2.05, 4.69) is 5.32 Å². The number of halogens is 3. The molecule has 1 N–H and O–H groups in total. The standard InChI is InChI=1S/C16H16F3NO/c1-3-21-12-6-4-11(5-7-12)10(2)20-14-9-8-13(17)15(18)16(14)19/h4-10,20H,3H2,1-2H3. The number of anilines is 1. The molecular weight excluding hydrogens is 279 g/mol. The summed E-state index contributed by atoms with van der Waals surface area (Å²) in [6, 6.07) is 9.09. The Morgan fingerprint density at radius 3 is 2.29 bits per heavy atom. The van der Waals surface area contributed by atoms with Crippen LogP contribution in [0.25, 0.3) is 0 Å². The van der Waals surface area contributed by atoms with Crippen molar-refractivity contribution in [3.8, 4) is 5.75 Å². The van der Waals surface area contributed by atoms with Crippen LogP contribution in [-0.2, 0) is 0 Å². The summed E-state index contributed by atoms with van der Waals surface area (Å²) in [5.74, 6) is -3.15. The van der Waals surface area contributed by atoms with Gasteiger partial charge >= 0.3 is 0 Å². The maximum atomic E-state index is 13.6. The van der Waals surface area contributed by atoms with Gasteiger partial charge in [0.2, 0.25) is 0 Å². The Morgan fingerprint density at radius 2 is 1.67 bits per heavy atom. The van der Waals surface area contributed by atoms with Crippen LogP contribution in [0, 0.1) is 17.5 Å². The molecule has 0 aliphatic rings. The highest BCUT2D eigenvalue weighted by Gasteiger charge is 2.15. The first kappa shape index (κ1) is 15.2. The fourth-order valence-corrected chi connectivity index (χ4v) is 1.97. The van der Waals surface area contributed by atoms with Crippen LogP contribution in [0.15, 0.2) is 36.4 Å². The molecule has 0 aliphatic carbocycles. The fourth-order valence-electron chi connectivity index (χ4n) is 1.97. The summed E-state index contributed by atoms with van der Waals surface area (Å²) >= 11 is 0. The summed E-state index contributed by atoms with van der Waals surface area (Å²) in [6.45, 7) is 4.27. The van der Waals surface area contributed by atoms with Gasteiger partial charge in [-0.15, -0.1) is 0 Å². The van der Waals surface area contributed by atoms with E-state index < -0.39 is 17.5 Å². The van der Waals surface area contributed by atoms with E-state index in [-0.39, 0.29) is 11.7 Å². The van der Waals surface area contributed by atoms with Crippen LogP contribution in [-0.4, -0.2) is 6.61 Å². The summed E-state index contributed by atoms with van der Waals surface area (Å²) in [5.41, 5.74) is 0.804. The number of nitrogens with one attached hydrogen (secondary N) is 1. The molecule has 21 heavy (non-hydrogen) atoms. The largest absolute Gasteiger partial charge is 0.494 e. The van der Waals surface area contributed by atoms with Gasteiger partial charge in [0.15, 0.2) is 17.5 Å². The minimum atomic E-state index is -1.47. The molecule has 0 amide bonds. The van der Waals surface area contributed by atoms with E-state index in [1.54, 1.807) is 19.1 Å². The SMILES string of the molecule is CCOc1ccc(C(C)Nc2ccc(F)c(F)c2F)cc1. The Morgan fingerprint density at radius 1 is 1.00 bits per heavy atom. The van der Waals surface area contributed by atoms with E-state index in [1.165, 1.54) is 6.07 Å². The van der Waals surface area contributed by atoms with Gasteiger partial charge in [0.1, 0.15) is 5.75 Å². The summed E-state index contributed by atoms with van der Waals surface area (Å²) in [7, 11) is 0. The first-order valence-electron chi connectivity index (χ1n) is 6.65. The lowest BCUT2D eigenvalue weighted by Gasteiger charge is -2.17. The lowest BCUT2D eigenvalue weighted by molar-refractivity contribution is 0.340. The van der Waals surface area contributed by atoms with E-state index in [1.807, 2.05) is 19.1 Å². The highest BCUT2D eigenvalue weighted by molar-refractivity contribution is 5.47. The molecule has 0 bridgehead atoms. The average Bonchev–Trinajstić information content (AvgIpc) is 2.49. The van der Waals surface area contributed by atoms with Crippen molar-refractivity contribution in [2.24, 2.45) is 0 Å². The second-order valence-corrected chi connectivity index (χ2v) is 4.59. The van der Waals surface area contributed by atoms with Crippen molar-refractivity contribution in [1.29, 1.82) is 0 Å². The number of hydrogen-bond donors (Lipinski definition) is 1. The monoisotopic (exact) mass is 295 g/mol. The van der Waals surface area contributed by atoms with Gasteiger partial charge in [-0.2, -0.15) is 0 Å². The van der Waals surface area contributed by atoms with Crippen LogP contribution < -0.4 is 10.1 Å². The summed E-state index contributed by atoms with van der Waals surface area (Å²) in [5, 5.41) is 2.82. The first-order valence-corrected chi connectivity index (χ1v) is 6.65. The smallest absolute Gasteiger partial charge is 0.196 e. The summed E-state index contributed by atoms with van der Waals surface area (Å²) in [4.78, 5) is 0. The maximum Gasteiger partial charge on any atom is 0.196 e. The van der Waals surface area contributed by atoms with Crippen molar-refractivity contribution < 1.29 is 17.9 Å². The molecule has 0 aliphatic heterocycles. The van der Waals surface area contributed by atoms with Crippen LogP contribution in [0.1, 0.15) is 25.5 Å². The molecule has 2 nitrogen and oxygen atoms in total. The molecule has 0 fully saturated rings. The molecule has 1 unspecified atom stereocenters. The van der Waals surface area contributed by atoms with E-state index in [9.17, 15) is 13.2 Å². The molecular formula is C16H16F3NO. The Hall–Kier alpha value is -2.17. The van der Waals surface area contributed by atoms with Crippen molar-refractivity contribution in [2.45, 2.75) is 19.9 Å². The van der Waals surface area contributed by atoms with Gasteiger partial charge in [0, 0.05) is 6.04 Å². The van der Waals surface area contributed by atoms with Gasteiger partial charge in [0.25, 0.3) is 0 Å². The molecule has 0 radical (unpaired) electrons. The van der Waals surface area contributed by atoms with E-state index >= 15 is 0 Å². The number of hydrogen-bond acceptors (Lipinski definition) is 2. The van der Waals surface area contributed by atoms with Crippen LogP contribution in [0.4, 0.5) is 18.9 Å². The third-order valence-corrected chi connectivity index (χ3v) is 3.10. The van der Waals surface area contributed by atoms with Gasteiger partial charge in [-0.25, -0.2) is 13.2 Å². The second-order valence-electron chi connectivity index (χ2n) is 4.59. The molecule has 1 atom stereocenters. The van der Waals surface area contributed by atoms with Crippen molar-refractivity contribution in [3.63, 3.8) is 0 Å². The molecule has 112 valence electrons. The first-order chi connectivity index (χ1) is 10.0. The highest BCUT2D eigenvalue weighted by Crippen LogP contribution is 2.25. The van der Waals surface area contributed by atoms with Crippen LogP contribution >= 0.6 is 0 Å². The third kappa shape index (κ3) is 3.48. The number of benzene rings is 2. The van der Waals surface area contributed by atoms with E-state index in [0.717, 1.165) is 17.4 Å².